The Hall–Kier alpha value is -2.48. The summed E-state index contributed by atoms with van der Waals surface area (Å²) in [6.07, 6.45) is -1.70. The summed E-state index contributed by atoms with van der Waals surface area (Å²) in [4.78, 5) is 7.88. The van der Waals surface area contributed by atoms with Crippen molar-refractivity contribution < 1.29 is 13.2 Å². The number of hydrogen-bond acceptors (Lipinski definition) is 5. The molecule has 0 aliphatic heterocycles. The zero-order chi connectivity index (χ0) is 17.0. The zero-order valence-corrected chi connectivity index (χ0v) is 12.5. The fraction of sp³-hybridized carbons (Fsp3) is 0.143. The summed E-state index contributed by atoms with van der Waals surface area (Å²) in [6, 6.07) is 3.44. The van der Waals surface area contributed by atoms with Gasteiger partial charge in [-0.25, -0.2) is 9.97 Å². The van der Waals surface area contributed by atoms with Gasteiger partial charge in [0.25, 0.3) is 0 Å². The molecular weight excluding hydrogens is 331 g/mol. The number of benzene rings is 1. The van der Waals surface area contributed by atoms with E-state index in [1.54, 1.807) is 6.08 Å². The van der Waals surface area contributed by atoms with E-state index in [9.17, 15) is 13.2 Å². The molecule has 2 rings (SSSR count). The molecule has 9 heteroatoms. The molecule has 2 aromatic rings. The predicted octanol–water partition coefficient (Wildman–Crippen LogP) is 4.07. The van der Waals surface area contributed by atoms with Gasteiger partial charge in [0.1, 0.15) is 12.0 Å². The molecule has 1 heterocycles. The number of nitrogens with one attached hydrogen (secondary N) is 2. The van der Waals surface area contributed by atoms with Crippen LogP contribution in [-0.4, -0.2) is 16.5 Å². The van der Waals surface area contributed by atoms with Crippen molar-refractivity contribution >= 4 is 34.6 Å². The van der Waals surface area contributed by atoms with Gasteiger partial charge in [-0.05, 0) is 18.2 Å². The highest BCUT2D eigenvalue weighted by molar-refractivity contribution is 6.31. The van der Waals surface area contributed by atoms with Gasteiger partial charge in [-0.3, -0.25) is 0 Å². The maximum Gasteiger partial charge on any atom is 0.417 e. The van der Waals surface area contributed by atoms with Crippen molar-refractivity contribution in [1.82, 2.24) is 9.97 Å². The third-order valence-electron chi connectivity index (χ3n) is 2.83. The average molecular weight is 344 g/mol. The molecule has 0 saturated heterocycles. The SMILES string of the molecule is C=CCNc1ncnc(Nc2ccc(Cl)c(C(F)(F)F)c2)c1N. The molecule has 4 N–H and O–H groups in total. The van der Waals surface area contributed by atoms with E-state index in [-0.39, 0.29) is 22.2 Å². The molecule has 0 radical (unpaired) electrons. The minimum Gasteiger partial charge on any atom is -0.393 e. The molecule has 0 aliphatic rings. The summed E-state index contributed by atoms with van der Waals surface area (Å²) in [5.74, 6) is 0.536. The minimum atomic E-state index is -4.55. The van der Waals surface area contributed by atoms with E-state index in [1.807, 2.05) is 0 Å². The standard InChI is InChI=1S/C14H13ClF3N5/c1-2-5-20-12-11(19)13(22-7-21-12)23-8-3-4-10(15)9(6-8)14(16,17)18/h2-4,6-7H,1,5,19H2,(H2,20,21,22,23). The van der Waals surface area contributed by atoms with E-state index in [0.29, 0.717) is 12.4 Å². The second-order valence-electron chi connectivity index (χ2n) is 4.47. The smallest absolute Gasteiger partial charge is 0.393 e. The lowest BCUT2D eigenvalue weighted by Gasteiger charge is -2.14. The lowest BCUT2D eigenvalue weighted by Crippen LogP contribution is -2.09. The molecule has 0 bridgehead atoms. The molecule has 0 amide bonds. The number of nitrogens with zero attached hydrogens (tertiary/aromatic N) is 2. The number of nitrogens with two attached hydrogens (primary N) is 1. The topological polar surface area (TPSA) is 75.9 Å². The quantitative estimate of drug-likeness (QED) is 0.713. The summed E-state index contributed by atoms with van der Waals surface area (Å²) in [5, 5.41) is 5.24. The average Bonchev–Trinajstić information content (AvgIpc) is 2.49. The van der Waals surface area contributed by atoms with Gasteiger partial charge < -0.3 is 16.4 Å². The van der Waals surface area contributed by atoms with Crippen LogP contribution in [0, 0.1) is 0 Å². The van der Waals surface area contributed by atoms with Crippen molar-refractivity contribution in [3.63, 3.8) is 0 Å². The van der Waals surface area contributed by atoms with Gasteiger partial charge in [0.15, 0.2) is 11.6 Å². The molecule has 1 aromatic carbocycles. The number of nitrogen functional groups attached to an aromatic ring is 1. The monoisotopic (exact) mass is 343 g/mol. The molecule has 0 atom stereocenters. The van der Waals surface area contributed by atoms with E-state index in [2.05, 4.69) is 27.2 Å². The van der Waals surface area contributed by atoms with Crippen LogP contribution in [0.5, 0.6) is 0 Å². The van der Waals surface area contributed by atoms with Gasteiger partial charge >= 0.3 is 6.18 Å². The molecule has 1 aromatic heterocycles. The van der Waals surface area contributed by atoms with Gasteiger partial charge in [-0.2, -0.15) is 13.2 Å². The Bertz CT molecular complexity index is 718. The summed E-state index contributed by atoms with van der Waals surface area (Å²) in [7, 11) is 0. The van der Waals surface area contributed by atoms with E-state index >= 15 is 0 Å². The number of halogens is 4. The highest BCUT2D eigenvalue weighted by atomic mass is 35.5. The maximum absolute atomic E-state index is 12.9. The van der Waals surface area contributed by atoms with Gasteiger partial charge in [0.05, 0.1) is 10.6 Å². The molecule has 0 aliphatic carbocycles. The van der Waals surface area contributed by atoms with Crippen LogP contribution < -0.4 is 16.4 Å². The van der Waals surface area contributed by atoms with Crippen molar-refractivity contribution in [3.8, 4) is 0 Å². The van der Waals surface area contributed by atoms with Crippen LogP contribution in [0.15, 0.2) is 37.2 Å². The van der Waals surface area contributed by atoms with Crippen LogP contribution in [0.4, 0.5) is 36.2 Å². The van der Waals surface area contributed by atoms with E-state index in [0.717, 1.165) is 12.1 Å². The first-order valence-electron chi connectivity index (χ1n) is 6.42. The van der Waals surface area contributed by atoms with Crippen LogP contribution in [-0.2, 0) is 6.18 Å². The molecular formula is C14H13ClF3N5. The molecule has 0 spiro atoms. The van der Waals surface area contributed by atoms with Crippen molar-refractivity contribution in [1.29, 1.82) is 0 Å². The summed E-state index contributed by atoms with van der Waals surface area (Å²) < 4.78 is 38.6. The van der Waals surface area contributed by atoms with Gasteiger partial charge in [-0.15, -0.1) is 6.58 Å². The Morgan fingerprint density at radius 1 is 1.26 bits per heavy atom. The van der Waals surface area contributed by atoms with Gasteiger partial charge in [-0.1, -0.05) is 17.7 Å². The largest absolute Gasteiger partial charge is 0.417 e. The Morgan fingerprint density at radius 2 is 1.96 bits per heavy atom. The maximum atomic E-state index is 12.9. The number of anilines is 4. The summed E-state index contributed by atoms with van der Waals surface area (Å²) >= 11 is 5.58. The molecule has 23 heavy (non-hydrogen) atoms. The molecule has 0 fully saturated rings. The first-order chi connectivity index (χ1) is 10.8. The van der Waals surface area contributed by atoms with E-state index < -0.39 is 11.7 Å². The van der Waals surface area contributed by atoms with Crippen LogP contribution in [0.25, 0.3) is 0 Å². The van der Waals surface area contributed by atoms with Crippen LogP contribution in [0.2, 0.25) is 5.02 Å². The van der Waals surface area contributed by atoms with Crippen molar-refractivity contribution in [2.24, 2.45) is 0 Å². The highest BCUT2D eigenvalue weighted by Gasteiger charge is 2.33. The fourth-order valence-electron chi connectivity index (χ4n) is 1.76. The third-order valence-corrected chi connectivity index (χ3v) is 3.16. The van der Waals surface area contributed by atoms with Gasteiger partial charge in [0.2, 0.25) is 0 Å². The lowest BCUT2D eigenvalue weighted by atomic mass is 10.2. The predicted molar refractivity (Wildman–Crippen MR) is 84.9 cm³/mol. The summed E-state index contributed by atoms with van der Waals surface area (Å²) in [5.41, 5.74) is 5.28. The second-order valence-corrected chi connectivity index (χ2v) is 4.88. The lowest BCUT2D eigenvalue weighted by molar-refractivity contribution is -0.137. The molecule has 0 unspecified atom stereocenters. The number of hydrogen-bond donors (Lipinski definition) is 3. The van der Waals surface area contributed by atoms with Crippen LogP contribution in [0.1, 0.15) is 5.56 Å². The first kappa shape index (κ1) is 16.9. The highest BCUT2D eigenvalue weighted by Crippen LogP contribution is 2.37. The molecule has 122 valence electrons. The van der Waals surface area contributed by atoms with Crippen LogP contribution >= 0.6 is 11.6 Å². The van der Waals surface area contributed by atoms with Gasteiger partial charge in [0, 0.05) is 12.2 Å². The third kappa shape index (κ3) is 4.04. The Labute approximate surface area is 135 Å². The fourth-order valence-corrected chi connectivity index (χ4v) is 1.99. The van der Waals surface area contributed by atoms with E-state index in [1.165, 1.54) is 12.4 Å². The normalized spacial score (nSPS) is 11.1. The number of aromatic nitrogens is 2. The minimum absolute atomic E-state index is 0.154. The molecule has 5 nitrogen and oxygen atoms in total. The van der Waals surface area contributed by atoms with Crippen molar-refractivity contribution in [2.45, 2.75) is 6.18 Å². The number of alkyl halides is 3. The van der Waals surface area contributed by atoms with Crippen molar-refractivity contribution in [2.75, 3.05) is 22.9 Å². The zero-order valence-electron chi connectivity index (χ0n) is 11.8. The summed E-state index contributed by atoms with van der Waals surface area (Å²) in [6.45, 7) is 3.99. The first-order valence-corrected chi connectivity index (χ1v) is 6.79. The molecule has 0 saturated carbocycles. The van der Waals surface area contributed by atoms with E-state index in [4.69, 9.17) is 17.3 Å². The van der Waals surface area contributed by atoms with Crippen LogP contribution in [0.3, 0.4) is 0 Å². The Balaban J connectivity index is 2.31. The Kier molecular flexibility index (Phi) is 4.95. The second kappa shape index (κ2) is 6.74. The number of rotatable bonds is 5. The van der Waals surface area contributed by atoms with Crippen molar-refractivity contribution in [3.05, 3.63) is 47.8 Å². The Morgan fingerprint density at radius 3 is 2.61 bits per heavy atom.